The van der Waals surface area contributed by atoms with Crippen LogP contribution in [0.2, 0.25) is 0 Å². The van der Waals surface area contributed by atoms with E-state index in [4.69, 9.17) is 4.74 Å². The van der Waals surface area contributed by atoms with Gasteiger partial charge in [0, 0.05) is 43.1 Å². The Balaban J connectivity index is 1.37. The van der Waals surface area contributed by atoms with Crippen molar-refractivity contribution in [1.29, 1.82) is 0 Å². The summed E-state index contributed by atoms with van der Waals surface area (Å²) in [5.41, 5.74) is 6.48. The molecule has 2 aromatic heterocycles. The highest BCUT2D eigenvalue weighted by Crippen LogP contribution is 2.30. The molecule has 1 fully saturated rings. The van der Waals surface area contributed by atoms with Gasteiger partial charge in [0.2, 0.25) is 0 Å². The van der Waals surface area contributed by atoms with E-state index in [0.717, 1.165) is 41.2 Å². The Bertz CT molecular complexity index is 1600. The fraction of sp³-hybridized carbons (Fsp3) is 0.303. The van der Waals surface area contributed by atoms with Crippen LogP contribution in [-0.2, 0) is 17.2 Å². The summed E-state index contributed by atoms with van der Waals surface area (Å²) in [6, 6.07) is 19.2. The van der Waals surface area contributed by atoms with E-state index in [-0.39, 0.29) is 16.9 Å². The summed E-state index contributed by atoms with van der Waals surface area (Å²) >= 11 is 0. The third kappa shape index (κ3) is 6.33. The zero-order valence-corrected chi connectivity index (χ0v) is 24.3. The number of anilines is 4. The van der Waals surface area contributed by atoms with Gasteiger partial charge in [0.15, 0.2) is 0 Å². The standard InChI is InChI=1S/C33H37N5O3/c1-22-27(7-6-8-28(22)36-31(39)23-9-11-25(12-10-23)33(2,3)4)24-19-29(32(40)37(5)21-24)35-30-14-13-26(20-34-30)38-15-17-41-18-16-38/h6-14,19-21H,15-18H2,1-5H3,(H,34,35)(H,36,39). The Morgan fingerprint density at radius 1 is 0.976 bits per heavy atom. The van der Waals surface area contributed by atoms with Crippen LogP contribution in [0.5, 0.6) is 0 Å². The van der Waals surface area contributed by atoms with Crippen molar-refractivity contribution in [2.24, 2.45) is 7.05 Å². The first-order valence-electron chi connectivity index (χ1n) is 13.9. The monoisotopic (exact) mass is 551 g/mol. The second kappa shape index (κ2) is 11.6. The van der Waals surface area contributed by atoms with E-state index in [1.807, 2.05) is 80.0 Å². The van der Waals surface area contributed by atoms with Crippen LogP contribution in [0.1, 0.15) is 42.3 Å². The van der Waals surface area contributed by atoms with Crippen molar-refractivity contribution in [3.05, 3.63) is 100 Å². The summed E-state index contributed by atoms with van der Waals surface area (Å²) in [5, 5.41) is 6.26. The molecule has 0 aliphatic carbocycles. The van der Waals surface area contributed by atoms with Crippen LogP contribution in [0, 0.1) is 6.92 Å². The van der Waals surface area contributed by atoms with E-state index in [1.54, 1.807) is 11.6 Å². The Kier molecular flexibility index (Phi) is 7.94. The number of amides is 1. The van der Waals surface area contributed by atoms with Gasteiger partial charge in [-0.05, 0) is 65.4 Å². The maximum atomic E-state index is 13.1. The molecule has 0 atom stereocenters. The molecule has 2 N–H and O–H groups in total. The zero-order valence-electron chi connectivity index (χ0n) is 24.3. The number of nitrogens with zero attached hydrogens (tertiary/aromatic N) is 3. The number of carbonyl (C=O) groups excluding carboxylic acids is 1. The summed E-state index contributed by atoms with van der Waals surface area (Å²) in [4.78, 5) is 32.9. The van der Waals surface area contributed by atoms with Crippen molar-refractivity contribution in [2.75, 3.05) is 41.8 Å². The SMILES string of the molecule is Cc1c(NC(=O)c2ccc(C(C)(C)C)cc2)cccc1-c1cc(Nc2ccc(N3CCOCC3)cn2)c(=O)n(C)c1. The average molecular weight is 552 g/mol. The number of morpholine rings is 1. The number of carbonyl (C=O) groups is 1. The third-order valence-corrected chi connectivity index (χ3v) is 7.48. The summed E-state index contributed by atoms with van der Waals surface area (Å²) in [6.07, 6.45) is 3.62. The van der Waals surface area contributed by atoms with Crippen LogP contribution in [0.15, 0.2) is 77.9 Å². The van der Waals surface area contributed by atoms with Crippen molar-refractivity contribution in [2.45, 2.75) is 33.1 Å². The van der Waals surface area contributed by atoms with E-state index in [1.165, 1.54) is 5.56 Å². The van der Waals surface area contributed by atoms with Gasteiger partial charge in [-0.25, -0.2) is 4.98 Å². The molecule has 1 aliphatic rings. The predicted molar refractivity (Wildman–Crippen MR) is 166 cm³/mol. The van der Waals surface area contributed by atoms with Gasteiger partial charge >= 0.3 is 0 Å². The maximum Gasteiger partial charge on any atom is 0.274 e. The van der Waals surface area contributed by atoms with Crippen LogP contribution in [-0.4, -0.2) is 41.8 Å². The van der Waals surface area contributed by atoms with Crippen LogP contribution >= 0.6 is 0 Å². The van der Waals surface area contributed by atoms with Crippen molar-refractivity contribution in [1.82, 2.24) is 9.55 Å². The van der Waals surface area contributed by atoms with Crippen molar-refractivity contribution >= 4 is 28.8 Å². The molecule has 0 radical (unpaired) electrons. The molecular weight excluding hydrogens is 514 g/mol. The lowest BCUT2D eigenvalue weighted by Crippen LogP contribution is -2.36. The minimum Gasteiger partial charge on any atom is -0.378 e. The number of rotatable bonds is 6. The van der Waals surface area contributed by atoms with Gasteiger partial charge < -0.3 is 24.8 Å². The zero-order chi connectivity index (χ0) is 29.1. The number of benzene rings is 2. The first-order valence-corrected chi connectivity index (χ1v) is 13.9. The van der Waals surface area contributed by atoms with E-state index < -0.39 is 0 Å². The molecule has 3 heterocycles. The Morgan fingerprint density at radius 3 is 2.37 bits per heavy atom. The van der Waals surface area contributed by atoms with Crippen LogP contribution < -0.4 is 21.1 Å². The van der Waals surface area contributed by atoms with E-state index in [2.05, 4.69) is 41.3 Å². The van der Waals surface area contributed by atoms with Gasteiger partial charge in [0.25, 0.3) is 11.5 Å². The van der Waals surface area contributed by atoms with E-state index >= 15 is 0 Å². The lowest BCUT2D eigenvalue weighted by atomic mass is 9.86. The van der Waals surface area contributed by atoms with E-state index in [0.29, 0.717) is 30.3 Å². The second-order valence-corrected chi connectivity index (χ2v) is 11.4. The van der Waals surface area contributed by atoms with Gasteiger partial charge in [-0.3, -0.25) is 9.59 Å². The number of hydrogen-bond donors (Lipinski definition) is 2. The van der Waals surface area contributed by atoms with Gasteiger partial charge in [-0.15, -0.1) is 0 Å². The molecular formula is C33H37N5O3. The number of aromatic nitrogens is 2. The molecule has 1 saturated heterocycles. The Morgan fingerprint density at radius 2 is 1.71 bits per heavy atom. The number of aryl methyl sites for hydroxylation is 1. The molecule has 2 aromatic carbocycles. The van der Waals surface area contributed by atoms with Crippen LogP contribution in [0.25, 0.3) is 11.1 Å². The summed E-state index contributed by atoms with van der Waals surface area (Å²) in [7, 11) is 1.73. The smallest absolute Gasteiger partial charge is 0.274 e. The fourth-order valence-corrected chi connectivity index (χ4v) is 4.96. The van der Waals surface area contributed by atoms with Gasteiger partial charge in [0.05, 0.1) is 25.1 Å². The molecule has 0 bridgehead atoms. The van der Waals surface area contributed by atoms with Crippen molar-refractivity contribution in [3.63, 3.8) is 0 Å². The summed E-state index contributed by atoms with van der Waals surface area (Å²) < 4.78 is 6.99. The topological polar surface area (TPSA) is 88.5 Å². The average Bonchev–Trinajstić information content (AvgIpc) is 2.97. The largest absolute Gasteiger partial charge is 0.378 e. The second-order valence-electron chi connectivity index (χ2n) is 11.4. The molecule has 0 spiro atoms. The number of ether oxygens (including phenoxy) is 1. The van der Waals surface area contributed by atoms with Gasteiger partial charge in [-0.2, -0.15) is 0 Å². The molecule has 212 valence electrons. The highest BCUT2D eigenvalue weighted by atomic mass is 16.5. The quantitative estimate of drug-likeness (QED) is 0.311. The summed E-state index contributed by atoms with van der Waals surface area (Å²) in [6.45, 7) is 11.5. The minimum absolute atomic E-state index is 0.0197. The fourth-order valence-electron chi connectivity index (χ4n) is 4.96. The highest BCUT2D eigenvalue weighted by Gasteiger charge is 2.17. The molecule has 1 amide bonds. The number of pyridine rings is 2. The molecule has 4 aromatic rings. The first kappa shape index (κ1) is 28.1. The lowest BCUT2D eigenvalue weighted by Gasteiger charge is -2.28. The molecule has 8 heteroatoms. The van der Waals surface area contributed by atoms with Crippen molar-refractivity contribution in [3.8, 4) is 11.1 Å². The van der Waals surface area contributed by atoms with Gasteiger partial charge in [-0.1, -0.05) is 45.0 Å². The summed E-state index contributed by atoms with van der Waals surface area (Å²) in [5.74, 6) is 0.423. The Labute approximate surface area is 241 Å². The van der Waals surface area contributed by atoms with Crippen LogP contribution in [0.4, 0.5) is 22.9 Å². The van der Waals surface area contributed by atoms with Gasteiger partial charge in [0.1, 0.15) is 11.5 Å². The van der Waals surface area contributed by atoms with Crippen molar-refractivity contribution < 1.29 is 9.53 Å². The van der Waals surface area contributed by atoms with E-state index in [9.17, 15) is 9.59 Å². The Hall–Kier alpha value is -4.43. The molecule has 0 saturated carbocycles. The molecule has 0 unspecified atom stereocenters. The number of nitrogens with one attached hydrogen (secondary N) is 2. The normalized spacial score (nSPS) is 13.6. The highest BCUT2D eigenvalue weighted by molar-refractivity contribution is 6.05. The minimum atomic E-state index is -0.167. The molecule has 8 nitrogen and oxygen atoms in total. The first-order chi connectivity index (χ1) is 19.6. The number of hydrogen-bond acceptors (Lipinski definition) is 6. The third-order valence-electron chi connectivity index (χ3n) is 7.48. The van der Waals surface area contributed by atoms with Crippen LogP contribution in [0.3, 0.4) is 0 Å². The lowest BCUT2D eigenvalue weighted by molar-refractivity contribution is 0.102. The predicted octanol–water partition coefficient (Wildman–Crippen LogP) is 5.89. The maximum absolute atomic E-state index is 13.1. The molecule has 1 aliphatic heterocycles. The molecule has 5 rings (SSSR count). The molecule has 41 heavy (non-hydrogen) atoms.